The number of anilines is 1. The zero-order chi connectivity index (χ0) is 22.9. The van der Waals surface area contributed by atoms with Crippen LogP contribution in [0.5, 0.6) is 0 Å². The molecule has 0 amide bonds. The number of hydrogen-bond acceptors (Lipinski definition) is 8. The summed E-state index contributed by atoms with van der Waals surface area (Å²) in [7, 11) is 0. The van der Waals surface area contributed by atoms with Crippen LogP contribution in [0.4, 0.5) is 5.95 Å². The minimum absolute atomic E-state index is 0.0143. The van der Waals surface area contributed by atoms with Crippen LogP contribution in [0.15, 0.2) is 36.7 Å². The number of halogens is 1. The highest BCUT2D eigenvalue weighted by Crippen LogP contribution is 2.45. The van der Waals surface area contributed by atoms with Crippen molar-refractivity contribution in [2.24, 2.45) is 0 Å². The Morgan fingerprint density at radius 3 is 2.62 bits per heavy atom. The molecule has 1 aromatic carbocycles. The molecule has 1 saturated heterocycles. The van der Waals surface area contributed by atoms with Crippen LogP contribution < -0.4 is 5.73 Å². The number of carbonyl (C=O) groups excluding carboxylic acids is 1. The van der Waals surface area contributed by atoms with Gasteiger partial charge in [-0.1, -0.05) is 55.8 Å². The largest absolute Gasteiger partial charge is 0.455 e. The molecule has 9 nitrogen and oxygen atoms in total. The molecule has 0 spiro atoms. The van der Waals surface area contributed by atoms with Gasteiger partial charge in [-0.05, 0) is 18.4 Å². The Labute approximate surface area is 190 Å². The van der Waals surface area contributed by atoms with Gasteiger partial charge in [0.05, 0.1) is 12.9 Å². The highest BCUT2D eigenvalue weighted by atomic mass is 35.5. The van der Waals surface area contributed by atoms with Crippen molar-refractivity contribution in [3.05, 3.63) is 47.4 Å². The first-order chi connectivity index (χ1) is 15.4. The predicted octanol–water partition coefficient (Wildman–Crippen LogP) is 3.67. The highest BCUT2D eigenvalue weighted by Gasteiger charge is 2.57. The standard InChI is InChI=1S/C22H26ClN5O4/c1-4-22(5-2)17(30-11-14-9-7-6-8-10-14)16(31-13(3)29)20(32-22)28-12-25-15-18(23)26-21(24)27-19(15)28/h6-10,12,16-17,20H,4-5,11H2,1-3H3,(H2,24,26,27)/t16?,17-,20-/m1/s1. The normalized spacial score (nSPS) is 22.3. The monoisotopic (exact) mass is 459 g/mol. The van der Waals surface area contributed by atoms with Crippen LogP contribution in [0.1, 0.15) is 45.4 Å². The number of nitrogens with zero attached hydrogens (tertiary/aromatic N) is 4. The second kappa shape index (κ2) is 9.01. The number of ether oxygens (including phenoxy) is 3. The zero-order valence-electron chi connectivity index (χ0n) is 18.2. The lowest BCUT2D eigenvalue weighted by Crippen LogP contribution is -2.45. The maximum absolute atomic E-state index is 12.1. The second-order valence-electron chi connectivity index (χ2n) is 7.77. The molecule has 0 aliphatic carbocycles. The van der Waals surface area contributed by atoms with Gasteiger partial charge in [-0.15, -0.1) is 0 Å². The molecule has 0 saturated carbocycles. The van der Waals surface area contributed by atoms with E-state index >= 15 is 0 Å². The van der Waals surface area contributed by atoms with Crippen LogP contribution in [0.25, 0.3) is 11.2 Å². The van der Waals surface area contributed by atoms with Crippen LogP contribution in [0.2, 0.25) is 5.15 Å². The van der Waals surface area contributed by atoms with Crippen molar-refractivity contribution in [2.45, 2.75) is 64.3 Å². The van der Waals surface area contributed by atoms with Crippen molar-refractivity contribution >= 4 is 34.7 Å². The third kappa shape index (κ3) is 4.03. The highest BCUT2D eigenvalue weighted by molar-refractivity contribution is 6.33. The molecule has 3 atom stereocenters. The number of fused-ring (bicyclic) bond motifs is 1. The minimum atomic E-state index is -0.733. The smallest absolute Gasteiger partial charge is 0.303 e. The fraction of sp³-hybridized carbons (Fsp3) is 0.455. The van der Waals surface area contributed by atoms with Crippen LogP contribution in [0.3, 0.4) is 0 Å². The average Bonchev–Trinajstić information content (AvgIpc) is 3.32. The van der Waals surface area contributed by atoms with Crippen molar-refractivity contribution in [2.75, 3.05) is 5.73 Å². The Morgan fingerprint density at radius 1 is 1.25 bits per heavy atom. The summed E-state index contributed by atoms with van der Waals surface area (Å²) in [6, 6.07) is 9.83. The van der Waals surface area contributed by atoms with Crippen LogP contribution in [0, 0.1) is 0 Å². The number of rotatable bonds is 7. The van der Waals surface area contributed by atoms with Gasteiger partial charge in [0.25, 0.3) is 0 Å². The second-order valence-corrected chi connectivity index (χ2v) is 8.13. The van der Waals surface area contributed by atoms with E-state index in [4.69, 9.17) is 31.5 Å². The molecule has 2 aromatic heterocycles. The number of nitrogens with two attached hydrogens (primary N) is 1. The first kappa shape index (κ1) is 22.4. The lowest BCUT2D eigenvalue weighted by Gasteiger charge is -2.33. The van der Waals surface area contributed by atoms with E-state index in [2.05, 4.69) is 15.0 Å². The van der Waals surface area contributed by atoms with Crippen LogP contribution in [-0.4, -0.2) is 43.3 Å². The molecule has 1 unspecified atom stereocenters. The molecule has 3 heterocycles. The number of hydrogen-bond donors (Lipinski definition) is 1. The number of nitrogen functional groups attached to an aromatic ring is 1. The molecule has 0 bridgehead atoms. The van der Waals surface area contributed by atoms with Gasteiger partial charge < -0.3 is 19.9 Å². The molecule has 2 N–H and O–H groups in total. The zero-order valence-corrected chi connectivity index (χ0v) is 19.0. The summed E-state index contributed by atoms with van der Waals surface area (Å²) in [5.41, 5.74) is 6.93. The average molecular weight is 460 g/mol. The van der Waals surface area contributed by atoms with Gasteiger partial charge in [0.1, 0.15) is 17.2 Å². The molecule has 0 radical (unpaired) electrons. The topological polar surface area (TPSA) is 114 Å². The van der Waals surface area contributed by atoms with Crippen molar-refractivity contribution in [1.29, 1.82) is 0 Å². The minimum Gasteiger partial charge on any atom is -0.455 e. The Bertz CT molecular complexity index is 1100. The van der Waals surface area contributed by atoms with Crippen molar-refractivity contribution in [3.63, 3.8) is 0 Å². The summed E-state index contributed by atoms with van der Waals surface area (Å²) in [5, 5.41) is 0.141. The Hall–Kier alpha value is -2.75. The SMILES string of the molecule is CCC1(CC)O[C@@H](n2cnc3c(Cl)nc(N)nc32)C(OC(C)=O)[C@H]1OCc1ccccc1. The summed E-state index contributed by atoms with van der Waals surface area (Å²) < 4.78 is 20.4. The lowest BCUT2D eigenvalue weighted by molar-refractivity contribution is -0.158. The van der Waals surface area contributed by atoms with Gasteiger partial charge in [-0.3, -0.25) is 9.36 Å². The first-order valence-electron chi connectivity index (χ1n) is 10.5. The van der Waals surface area contributed by atoms with Gasteiger partial charge >= 0.3 is 5.97 Å². The fourth-order valence-electron chi connectivity index (χ4n) is 4.26. The molecule has 32 heavy (non-hydrogen) atoms. The van der Waals surface area contributed by atoms with E-state index in [0.29, 0.717) is 30.6 Å². The molecule has 1 fully saturated rings. The van der Waals surface area contributed by atoms with Crippen molar-refractivity contribution < 1.29 is 19.0 Å². The lowest BCUT2D eigenvalue weighted by atomic mass is 9.89. The van der Waals surface area contributed by atoms with Crippen molar-refractivity contribution in [3.8, 4) is 0 Å². The van der Waals surface area contributed by atoms with E-state index in [1.807, 2.05) is 44.2 Å². The molecule has 4 rings (SSSR count). The molecule has 1 aliphatic heterocycles. The maximum Gasteiger partial charge on any atom is 0.303 e. The van der Waals surface area contributed by atoms with Crippen LogP contribution >= 0.6 is 11.6 Å². The number of carbonyl (C=O) groups is 1. The third-order valence-corrected chi connectivity index (χ3v) is 6.16. The van der Waals surface area contributed by atoms with E-state index < -0.39 is 30.0 Å². The quantitative estimate of drug-likeness (QED) is 0.420. The van der Waals surface area contributed by atoms with Gasteiger partial charge in [-0.25, -0.2) is 4.98 Å². The van der Waals surface area contributed by atoms with Gasteiger partial charge in [0.15, 0.2) is 23.1 Å². The molecular weight excluding hydrogens is 434 g/mol. The molecule has 3 aromatic rings. The van der Waals surface area contributed by atoms with E-state index in [9.17, 15) is 4.79 Å². The Balaban J connectivity index is 1.76. The molecular formula is C22H26ClN5O4. The Morgan fingerprint density at radius 2 is 1.97 bits per heavy atom. The molecule has 1 aliphatic rings. The summed E-state index contributed by atoms with van der Waals surface area (Å²) >= 11 is 6.20. The third-order valence-electron chi connectivity index (χ3n) is 5.90. The molecule has 170 valence electrons. The van der Waals surface area contributed by atoms with E-state index in [0.717, 1.165) is 5.56 Å². The number of aromatic nitrogens is 4. The summed E-state index contributed by atoms with van der Waals surface area (Å²) in [6.45, 7) is 5.77. The summed E-state index contributed by atoms with van der Waals surface area (Å²) in [6.07, 6.45) is 0.877. The van der Waals surface area contributed by atoms with Gasteiger partial charge in [0, 0.05) is 6.92 Å². The van der Waals surface area contributed by atoms with Gasteiger partial charge in [-0.2, -0.15) is 9.97 Å². The first-order valence-corrected chi connectivity index (χ1v) is 10.9. The fourth-order valence-corrected chi connectivity index (χ4v) is 4.48. The van der Waals surface area contributed by atoms with E-state index in [1.165, 1.54) is 6.92 Å². The summed E-state index contributed by atoms with van der Waals surface area (Å²) in [4.78, 5) is 24.6. The van der Waals surface area contributed by atoms with E-state index in [-0.39, 0.29) is 11.1 Å². The van der Waals surface area contributed by atoms with Crippen LogP contribution in [-0.2, 0) is 25.6 Å². The maximum atomic E-state index is 12.1. The van der Waals surface area contributed by atoms with E-state index in [1.54, 1.807) is 10.9 Å². The van der Waals surface area contributed by atoms with Crippen molar-refractivity contribution in [1.82, 2.24) is 19.5 Å². The predicted molar refractivity (Wildman–Crippen MR) is 119 cm³/mol. The Kier molecular flexibility index (Phi) is 6.32. The van der Waals surface area contributed by atoms with Gasteiger partial charge in [0.2, 0.25) is 5.95 Å². The number of benzene rings is 1. The number of imidazole rings is 1. The summed E-state index contributed by atoms with van der Waals surface area (Å²) in [5.74, 6) is -0.420. The number of esters is 1. The molecule has 10 heteroatoms.